The largest absolute Gasteiger partial charge is 0.495 e. The van der Waals surface area contributed by atoms with Gasteiger partial charge < -0.3 is 29.3 Å². The van der Waals surface area contributed by atoms with Crippen LogP contribution >= 0.6 is 11.6 Å². The fraction of sp³-hybridized carbons (Fsp3) is 0.429. The minimum absolute atomic E-state index is 0.188. The molecule has 2 aromatic carbocycles. The maximum atomic E-state index is 13.4. The number of ether oxygens (including phenoxy) is 2. The van der Waals surface area contributed by atoms with Gasteiger partial charge in [-0.3, -0.25) is 4.79 Å². The Morgan fingerprint density at radius 3 is 2.47 bits per heavy atom. The molecular formula is C28H31ClN2O5. The second-order valence-corrected chi connectivity index (χ2v) is 10.4. The van der Waals surface area contributed by atoms with E-state index in [1.807, 2.05) is 41.9 Å². The van der Waals surface area contributed by atoms with Gasteiger partial charge in [0.2, 0.25) is 0 Å². The van der Waals surface area contributed by atoms with Gasteiger partial charge in [0, 0.05) is 18.4 Å². The summed E-state index contributed by atoms with van der Waals surface area (Å²) in [5, 5.41) is 14.2. The predicted octanol–water partition coefficient (Wildman–Crippen LogP) is 4.33. The molecule has 1 atom stereocenters. The van der Waals surface area contributed by atoms with E-state index in [4.69, 9.17) is 21.1 Å². The van der Waals surface area contributed by atoms with Crippen LogP contribution in [0.1, 0.15) is 53.2 Å². The lowest BCUT2D eigenvalue weighted by molar-refractivity contribution is -0.110. The maximum Gasteiger partial charge on any atom is 0.268 e. The minimum atomic E-state index is -0.640. The number of benzene rings is 2. The Kier molecular flexibility index (Phi) is 6.81. The van der Waals surface area contributed by atoms with E-state index in [0.29, 0.717) is 29.7 Å². The van der Waals surface area contributed by atoms with E-state index in [-0.39, 0.29) is 23.8 Å². The first-order chi connectivity index (χ1) is 17.4. The molecule has 1 aliphatic heterocycles. The van der Waals surface area contributed by atoms with E-state index in [1.54, 1.807) is 19.2 Å². The Morgan fingerprint density at radius 2 is 1.89 bits per heavy atom. The average molecular weight is 511 g/mol. The van der Waals surface area contributed by atoms with Gasteiger partial charge in [0.1, 0.15) is 23.3 Å². The van der Waals surface area contributed by atoms with Gasteiger partial charge in [-0.1, -0.05) is 35.9 Å². The lowest BCUT2D eigenvalue weighted by Gasteiger charge is -2.42. The van der Waals surface area contributed by atoms with Crippen molar-refractivity contribution in [2.24, 2.45) is 13.0 Å². The molecule has 0 spiro atoms. The standard InChI is InChI=1S/C28H31ClN2O5/c1-31-23-11-12-25(35-2)26(29)21(23)13-24(31)27(34)30-28(15-36-16-28)19-7-3-17(4-8-19)22(14-32)18-5-9-20(33)10-6-18/h3-4,7-8,11-14,18,20,22,33H,5-6,9-10,15-16H2,1-2H3,(H,30,34). The Labute approximate surface area is 215 Å². The lowest BCUT2D eigenvalue weighted by Crippen LogP contribution is -2.59. The van der Waals surface area contributed by atoms with E-state index in [0.717, 1.165) is 54.0 Å². The molecule has 36 heavy (non-hydrogen) atoms. The van der Waals surface area contributed by atoms with Crippen molar-refractivity contribution >= 4 is 34.7 Å². The molecule has 2 N–H and O–H groups in total. The SMILES string of the molecule is COc1ccc2c(cc(C(=O)NC3(c4ccc(C(C=O)C5CCC(O)CC5)cc4)COC3)n2C)c1Cl. The van der Waals surface area contributed by atoms with Crippen molar-refractivity contribution in [2.45, 2.75) is 43.2 Å². The summed E-state index contributed by atoms with van der Waals surface area (Å²) in [6.07, 6.45) is 3.96. The van der Waals surface area contributed by atoms with E-state index in [1.165, 1.54) is 0 Å². The van der Waals surface area contributed by atoms with Gasteiger partial charge in [-0.05, 0) is 60.9 Å². The lowest BCUT2D eigenvalue weighted by atomic mass is 9.76. The van der Waals surface area contributed by atoms with Crippen LogP contribution in [0.15, 0.2) is 42.5 Å². The van der Waals surface area contributed by atoms with Crippen LogP contribution in [0, 0.1) is 5.92 Å². The number of aldehydes is 1. The first kappa shape index (κ1) is 24.8. The third-order valence-corrected chi connectivity index (χ3v) is 8.26. The van der Waals surface area contributed by atoms with Gasteiger partial charge in [0.15, 0.2) is 0 Å². The molecule has 0 bridgehead atoms. The van der Waals surface area contributed by atoms with Crippen molar-refractivity contribution in [1.82, 2.24) is 9.88 Å². The first-order valence-corrected chi connectivity index (χ1v) is 12.7. The van der Waals surface area contributed by atoms with Crippen LogP contribution in [0.5, 0.6) is 5.75 Å². The molecule has 1 aliphatic carbocycles. The normalized spacial score (nSPS) is 22.0. The van der Waals surface area contributed by atoms with E-state index < -0.39 is 5.54 Å². The fourth-order valence-electron chi connectivity index (χ4n) is 5.58. The highest BCUT2D eigenvalue weighted by Crippen LogP contribution is 2.38. The molecule has 1 saturated heterocycles. The third kappa shape index (κ3) is 4.29. The molecule has 2 fully saturated rings. The zero-order valence-electron chi connectivity index (χ0n) is 20.5. The number of fused-ring (bicyclic) bond motifs is 1. The number of nitrogens with zero attached hydrogens (tertiary/aromatic N) is 1. The number of hydrogen-bond donors (Lipinski definition) is 2. The molecule has 3 aromatic rings. The predicted molar refractivity (Wildman–Crippen MR) is 138 cm³/mol. The number of aliphatic hydroxyl groups excluding tert-OH is 1. The second kappa shape index (κ2) is 9.88. The number of aryl methyl sites for hydroxylation is 1. The number of carbonyl (C=O) groups is 2. The van der Waals surface area contributed by atoms with Gasteiger partial charge in [-0.2, -0.15) is 0 Å². The number of rotatable bonds is 7. The van der Waals surface area contributed by atoms with Crippen molar-refractivity contribution in [3.8, 4) is 5.75 Å². The molecule has 2 aliphatic rings. The van der Waals surface area contributed by atoms with Crippen LogP contribution < -0.4 is 10.1 Å². The number of methoxy groups -OCH3 is 1. The molecule has 2 heterocycles. The molecule has 8 heteroatoms. The van der Waals surface area contributed by atoms with Gasteiger partial charge in [-0.25, -0.2) is 0 Å². The number of halogens is 1. The first-order valence-electron chi connectivity index (χ1n) is 12.3. The zero-order valence-corrected chi connectivity index (χ0v) is 21.3. The van der Waals surface area contributed by atoms with E-state index in [2.05, 4.69) is 5.32 Å². The van der Waals surface area contributed by atoms with Crippen molar-refractivity contribution in [3.63, 3.8) is 0 Å². The third-order valence-electron chi connectivity index (χ3n) is 7.87. The number of aliphatic hydroxyl groups is 1. The van der Waals surface area contributed by atoms with Gasteiger partial charge in [0.25, 0.3) is 5.91 Å². The average Bonchev–Trinajstić information content (AvgIpc) is 3.21. The Hall–Kier alpha value is -2.87. The number of carbonyl (C=O) groups excluding carboxylic acids is 2. The maximum absolute atomic E-state index is 13.4. The van der Waals surface area contributed by atoms with Crippen molar-refractivity contribution in [1.29, 1.82) is 0 Å². The molecule has 1 saturated carbocycles. The summed E-state index contributed by atoms with van der Waals surface area (Å²) in [5.41, 5.74) is 2.59. The minimum Gasteiger partial charge on any atom is -0.495 e. The zero-order chi connectivity index (χ0) is 25.4. The summed E-state index contributed by atoms with van der Waals surface area (Å²) in [5.74, 6) is 0.396. The molecule has 0 radical (unpaired) electrons. The topological polar surface area (TPSA) is 89.8 Å². The number of nitrogens with one attached hydrogen (secondary N) is 1. The van der Waals surface area contributed by atoms with Crippen molar-refractivity contribution in [3.05, 3.63) is 64.3 Å². The molecule has 1 unspecified atom stereocenters. The van der Waals surface area contributed by atoms with Gasteiger partial charge >= 0.3 is 0 Å². The van der Waals surface area contributed by atoms with Gasteiger partial charge in [0.05, 0.1) is 37.0 Å². The number of aromatic nitrogens is 1. The van der Waals surface area contributed by atoms with Crippen LogP contribution in [0.4, 0.5) is 0 Å². The van der Waals surface area contributed by atoms with Crippen LogP contribution in [0.25, 0.3) is 10.9 Å². The van der Waals surface area contributed by atoms with Crippen molar-refractivity contribution in [2.75, 3.05) is 20.3 Å². The van der Waals surface area contributed by atoms with Crippen LogP contribution in [-0.2, 0) is 22.1 Å². The summed E-state index contributed by atoms with van der Waals surface area (Å²) in [6, 6.07) is 13.4. The summed E-state index contributed by atoms with van der Waals surface area (Å²) < 4.78 is 12.7. The molecule has 190 valence electrons. The van der Waals surface area contributed by atoms with Crippen LogP contribution in [-0.4, -0.2) is 48.3 Å². The highest BCUT2D eigenvalue weighted by molar-refractivity contribution is 6.37. The summed E-state index contributed by atoms with van der Waals surface area (Å²) >= 11 is 6.49. The highest BCUT2D eigenvalue weighted by atomic mass is 35.5. The molecular weight excluding hydrogens is 480 g/mol. The van der Waals surface area contributed by atoms with Gasteiger partial charge in [-0.15, -0.1) is 0 Å². The van der Waals surface area contributed by atoms with E-state index >= 15 is 0 Å². The quantitative estimate of drug-likeness (QED) is 0.462. The molecule has 1 aromatic heterocycles. The van der Waals surface area contributed by atoms with Crippen LogP contribution in [0.2, 0.25) is 5.02 Å². The fourth-order valence-corrected chi connectivity index (χ4v) is 5.87. The molecule has 5 rings (SSSR count). The Balaban J connectivity index is 1.37. The smallest absolute Gasteiger partial charge is 0.268 e. The second-order valence-electron chi connectivity index (χ2n) is 9.98. The summed E-state index contributed by atoms with van der Waals surface area (Å²) in [6.45, 7) is 0.739. The Morgan fingerprint density at radius 1 is 1.19 bits per heavy atom. The molecule has 1 amide bonds. The number of hydrogen-bond acceptors (Lipinski definition) is 5. The van der Waals surface area contributed by atoms with Crippen LogP contribution in [0.3, 0.4) is 0 Å². The van der Waals surface area contributed by atoms with E-state index in [9.17, 15) is 14.7 Å². The Bertz CT molecular complexity index is 1270. The highest BCUT2D eigenvalue weighted by Gasteiger charge is 2.42. The van der Waals surface area contributed by atoms with Crippen molar-refractivity contribution < 1.29 is 24.2 Å². The summed E-state index contributed by atoms with van der Waals surface area (Å²) in [7, 11) is 3.40. The number of amides is 1. The molecule has 7 nitrogen and oxygen atoms in total. The summed E-state index contributed by atoms with van der Waals surface area (Å²) in [4.78, 5) is 25.4. The monoisotopic (exact) mass is 510 g/mol.